The Kier molecular flexibility index (Phi) is 3.31. The second kappa shape index (κ2) is 4.80. The van der Waals surface area contributed by atoms with Crippen LogP contribution in [0.2, 0.25) is 0 Å². The van der Waals surface area contributed by atoms with Crippen molar-refractivity contribution >= 4 is 27.3 Å². The smallest absolute Gasteiger partial charge is 0.0315 e. The zero-order valence-corrected chi connectivity index (χ0v) is 12.6. The summed E-state index contributed by atoms with van der Waals surface area (Å²) in [6.07, 6.45) is 4.15. The number of fused-ring (bicyclic) bond motifs is 1. The maximum absolute atomic E-state index is 6.62. The van der Waals surface area contributed by atoms with Crippen LogP contribution in [0.1, 0.15) is 22.4 Å². The number of halogens is 1. The highest BCUT2D eigenvalue weighted by molar-refractivity contribution is 9.10. The van der Waals surface area contributed by atoms with Gasteiger partial charge < -0.3 is 5.73 Å². The number of aryl methyl sites for hydroxylation is 1. The van der Waals surface area contributed by atoms with E-state index in [4.69, 9.17) is 5.73 Å². The molecule has 1 unspecified atom stereocenters. The minimum absolute atomic E-state index is 0.0816. The zero-order chi connectivity index (χ0) is 12.6. The van der Waals surface area contributed by atoms with Gasteiger partial charge in [0.2, 0.25) is 0 Å². The fraction of sp³-hybridized carbons (Fsp3) is 0.333. The maximum Gasteiger partial charge on any atom is 0.0315 e. The lowest BCUT2D eigenvalue weighted by Gasteiger charge is -2.34. The molecule has 1 aromatic heterocycles. The van der Waals surface area contributed by atoms with Crippen molar-refractivity contribution in [1.82, 2.24) is 0 Å². The van der Waals surface area contributed by atoms with Crippen molar-refractivity contribution in [1.29, 1.82) is 0 Å². The molecule has 1 aliphatic carbocycles. The quantitative estimate of drug-likeness (QED) is 0.890. The Hall–Kier alpha value is -0.640. The van der Waals surface area contributed by atoms with Gasteiger partial charge in [-0.15, -0.1) is 11.3 Å². The van der Waals surface area contributed by atoms with Crippen LogP contribution in [0, 0.1) is 0 Å². The first-order valence-corrected chi connectivity index (χ1v) is 7.91. The van der Waals surface area contributed by atoms with Gasteiger partial charge in [0.1, 0.15) is 0 Å². The summed E-state index contributed by atoms with van der Waals surface area (Å²) in [5.41, 5.74) is 9.44. The molecule has 0 amide bonds. The van der Waals surface area contributed by atoms with Crippen LogP contribution in [-0.2, 0) is 19.3 Å². The molecule has 0 radical (unpaired) electrons. The summed E-state index contributed by atoms with van der Waals surface area (Å²) in [4.78, 5) is 1.37. The Morgan fingerprint density at radius 3 is 2.72 bits per heavy atom. The molecule has 0 saturated heterocycles. The van der Waals surface area contributed by atoms with E-state index in [0.29, 0.717) is 0 Å². The molecular weight excluding hydrogens is 306 g/mol. The number of benzene rings is 1. The van der Waals surface area contributed by atoms with Gasteiger partial charge in [0.25, 0.3) is 0 Å². The van der Waals surface area contributed by atoms with Crippen molar-refractivity contribution in [2.75, 3.05) is 0 Å². The van der Waals surface area contributed by atoms with Gasteiger partial charge in [0.05, 0.1) is 0 Å². The van der Waals surface area contributed by atoms with Gasteiger partial charge in [-0.2, -0.15) is 0 Å². The average Bonchev–Trinajstić information content (AvgIpc) is 2.74. The SMILES string of the molecule is NC1(Cc2sccc2Br)CCc2ccccc2C1. The van der Waals surface area contributed by atoms with Gasteiger partial charge >= 0.3 is 0 Å². The van der Waals surface area contributed by atoms with Gasteiger partial charge in [-0.3, -0.25) is 0 Å². The standard InChI is InChI=1S/C15H16BrNS/c16-13-6-8-18-14(13)10-15(17)7-5-11-3-1-2-4-12(11)9-15/h1-4,6,8H,5,7,9-10,17H2. The average molecular weight is 322 g/mol. The number of nitrogens with two attached hydrogens (primary N) is 1. The predicted molar refractivity (Wildman–Crippen MR) is 81.1 cm³/mol. The largest absolute Gasteiger partial charge is 0.324 e. The van der Waals surface area contributed by atoms with Gasteiger partial charge in [-0.1, -0.05) is 24.3 Å². The summed E-state index contributed by atoms with van der Waals surface area (Å²) in [5.74, 6) is 0. The topological polar surface area (TPSA) is 26.0 Å². The maximum atomic E-state index is 6.62. The van der Waals surface area contributed by atoms with Crippen molar-refractivity contribution in [2.45, 2.75) is 31.2 Å². The molecule has 0 aliphatic heterocycles. The molecule has 1 nitrogen and oxygen atoms in total. The number of thiophene rings is 1. The highest BCUT2D eigenvalue weighted by Gasteiger charge is 2.31. The van der Waals surface area contributed by atoms with Crippen molar-refractivity contribution in [2.24, 2.45) is 5.73 Å². The minimum Gasteiger partial charge on any atom is -0.324 e. The van der Waals surface area contributed by atoms with E-state index in [1.807, 2.05) is 0 Å². The lowest BCUT2D eigenvalue weighted by molar-refractivity contribution is 0.371. The second-order valence-corrected chi connectivity index (χ2v) is 7.03. The number of rotatable bonds is 2. The molecule has 1 aromatic carbocycles. The first-order chi connectivity index (χ1) is 8.66. The van der Waals surface area contributed by atoms with Gasteiger partial charge in [-0.25, -0.2) is 0 Å². The Morgan fingerprint density at radius 1 is 1.22 bits per heavy atom. The normalized spacial score (nSPS) is 22.8. The molecule has 1 aliphatic rings. The molecule has 0 saturated carbocycles. The third-order valence-electron chi connectivity index (χ3n) is 3.76. The number of hydrogen-bond acceptors (Lipinski definition) is 2. The van der Waals surface area contributed by atoms with E-state index in [2.05, 4.69) is 51.6 Å². The fourth-order valence-corrected chi connectivity index (χ4v) is 4.39. The first kappa shape index (κ1) is 12.4. The van der Waals surface area contributed by atoms with E-state index < -0.39 is 0 Å². The van der Waals surface area contributed by atoms with Gasteiger partial charge in [-0.05, 0) is 57.8 Å². The van der Waals surface area contributed by atoms with Crippen LogP contribution < -0.4 is 5.73 Å². The molecular formula is C15H16BrNS. The Morgan fingerprint density at radius 2 is 2.00 bits per heavy atom. The third-order valence-corrected chi connectivity index (χ3v) is 5.68. The van der Waals surface area contributed by atoms with Crippen LogP contribution >= 0.6 is 27.3 Å². The fourth-order valence-electron chi connectivity index (χ4n) is 2.75. The lowest BCUT2D eigenvalue weighted by Crippen LogP contribution is -2.46. The molecule has 0 bridgehead atoms. The lowest BCUT2D eigenvalue weighted by atomic mass is 9.76. The first-order valence-electron chi connectivity index (χ1n) is 6.24. The molecule has 3 rings (SSSR count). The minimum atomic E-state index is -0.0816. The zero-order valence-electron chi connectivity index (χ0n) is 10.2. The van der Waals surface area contributed by atoms with Crippen LogP contribution in [0.3, 0.4) is 0 Å². The summed E-state index contributed by atoms with van der Waals surface area (Å²) in [5, 5.41) is 2.12. The van der Waals surface area contributed by atoms with E-state index in [-0.39, 0.29) is 5.54 Å². The molecule has 2 aromatic rings. The summed E-state index contributed by atoms with van der Waals surface area (Å²) < 4.78 is 1.20. The number of hydrogen-bond donors (Lipinski definition) is 1. The summed E-state index contributed by atoms with van der Waals surface area (Å²) in [6, 6.07) is 10.8. The Bertz CT molecular complexity index is 563. The van der Waals surface area contributed by atoms with Crippen LogP contribution in [0.5, 0.6) is 0 Å². The Labute approximate surface area is 120 Å². The molecule has 1 heterocycles. The summed E-state index contributed by atoms with van der Waals surface area (Å²) in [7, 11) is 0. The van der Waals surface area contributed by atoms with Crippen LogP contribution in [0.15, 0.2) is 40.2 Å². The van der Waals surface area contributed by atoms with E-state index in [1.54, 1.807) is 11.3 Å². The van der Waals surface area contributed by atoms with Gasteiger partial charge in [0.15, 0.2) is 0 Å². The highest BCUT2D eigenvalue weighted by Crippen LogP contribution is 2.33. The predicted octanol–water partition coefficient (Wildman–Crippen LogP) is 3.94. The van der Waals surface area contributed by atoms with Gasteiger partial charge in [0, 0.05) is 21.3 Å². The van der Waals surface area contributed by atoms with Crippen LogP contribution in [-0.4, -0.2) is 5.54 Å². The van der Waals surface area contributed by atoms with E-state index in [9.17, 15) is 0 Å². The monoisotopic (exact) mass is 321 g/mol. The molecule has 94 valence electrons. The van der Waals surface area contributed by atoms with E-state index in [1.165, 1.54) is 20.5 Å². The third kappa shape index (κ3) is 2.40. The van der Waals surface area contributed by atoms with Crippen molar-refractivity contribution in [3.8, 4) is 0 Å². The molecule has 0 fully saturated rings. The van der Waals surface area contributed by atoms with Crippen molar-refractivity contribution in [3.05, 3.63) is 56.2 Å². The summed E-state index contributed by atoms with van der Waals surface area (Å²) >= 11 is 5.40. The van der Waals surface area contributed by atoms with Crippen LogP contribution in [0.4, 0.5) is 0 Å². The summed E-state index contributed by atoms with van der Waals surface area (Å²) in [6.45, 7) is 0. The van der Waals surface area contributed by atoms with Crippen molar-refractivity contribution in [3.63, 3.8) is 0 Å². The molecule has 2 N–H and O–H groups in total. The molecule has 18 heavy (non-hydrogen) atoms. The highest BCUT2D eigenvalue weighted by atomic mass is 79.9. The second-order valence-electron chi connectivity index (χ2n) is 5.18. The van der Waals surface area contributed by atoms with Crippen LogP contribution in [0.25, 0.3) is 0 Å². The Balaban J connectivity index is 1.84. The molecule has 1 atom stereocenters. The van der Waals surface area contributed by atoms with E-state index >= 15 is 0 Å². The van der Waals surface area contributed by atoms with Crippen molar-refractivity contribution < 1.29 is 0 Å². The molecule has 3 heteroatoms. The van der Waals surface area contributed by atoms with E-state index in [0.717, 1.165) is 25.7 Å². The molecule has 0 spiro atoms.